The van der Waals surface area contributed by atoms with Crippen LogP contribution in [0.5, 0.6) is 0 Å². The zero-order valence-electron chi connectivity index (χ0n) is 15.4. The van der Waals surface area contributed by atoms with Gasteiger partial charge in [0.2, 0.25) is 0 Å². The fourth-order valence-electron chi connectivity index (χ4n) is 2.63. The molecule has 1 aromatic rings. The predicted octanol–water partition coefficient (Wildman–Crippen LogP) is 4.16. The molecule has 2 N–H and O–H groups in total. The first-order chi connectivity index (χ1) is 12.5. The van der Waals surface area contributed by atoms with Crippen LogP contribution in [0.4, 0.5) is 13.2 Å². The van der Waals surface area contributed by atoms with Crippen LogP contribution < -0.4 is 10.6 Å². The zero-order valence-corrected chi connectivity index (χ0v) is 17.8. The predicted molar refractivity (Wildman–Crippen MR) is 113 cm³/mol. The molecule has 27 heavy (non-hydrogen) atoms. The van der Waals surface area contributed by atoms with Crippen molar-refractivity contribution in [2.75, 3.05) is 32.8 Å². The van der Waals surface area contributed by atoms with Gasteiger partial charge in [0.05, 0.1) is 18.8 Å². The van der Waals surface area contributed by atoms with Crippen LogP contribution in [0, 0.1) is 0 Å². The molecular formula is C19H27F3IN3O. The van der Waals surface area contributed by atoms with Gasteiger partial charge in [0, 0.05) is 19.6 Å². The molecule has 0 saturated heterocycles. The van der Waals surface area contributed by atoms with Crippen molar-refractivity contribution < 1.29 is 17.9 Å². The average Bonchev–Trinajstić information content (AvgIpc) is 2.62. The van der Waals surface area contributed by atoms with Crippen LogP contribution in [0.1, 0.15) is 30.9 Å². The van der Waals surface area contributed by atoms with Crippen LogP contribution in [0.3, 0.4) is 0 Å². The van der Waals surface area contributed by atoms with Gasteiger partial charge in [0.15, 0.2) is 5.96 Å². The summed E-state index contributed by atoms with van der Waals surface area (Å²) >= 11 is 0. The smallest absolute Gasteiger partial charge is 0.377 e. The Morgan fingerprint density at radius 1 is 1.15 bits per heavy atom. The lowest BCUT2D eigenvalue weighted by atomic mass is 10.1. The second kappa shape index (κ2) is 12.2. The Bertz CT molecular complexity index is 616. The molecule has 0 fully saturated rings. The van der Waals surface area contributed by atoms with Crippen molar-refractivity contribution in [3.63, 3.8) is 0 Å². The number of rotatable bonds is 7. The highest BCUT2D eigenvalue weighted by molar-refractivity contribution is 14.0. The van der Waals surface area contributed by atoms with Gasteiger partial charge in [-0.2, -0.15) is 13.2 Å². The molecule has 0 spiro atoms. The fraction of sp³-hybridized carbons (Fsp3) is 0.526. The average molecular weight is 497 g/mol. The number of hydrogen-bond acceptors (Lipinski definition) is 2. The zero-order chi connectivity index (χ0) is 18.8. The van der Waals surface area contributed by atoms with E-state index in [2.05, 4.69) is 21.7 Å². The Hall–Kier alpha value is -1.29. The number of nitrogens with one attached hydrogen (secondary N) is 2. The van der Waals surface area contributed by atoms with Gasteiger partial charge in [-0.3, -0.25) is 4.99 Å². The van der Waals surface area contributed by atoms with Gasteiger partial charge >= 0.3 is 6.18 Å². The van der Waals surface area contributed by atoms with Gasteiger partial charge in [0.25, 0.3) is 0 Å². The van der Waals surface area contributed by atoms with E-state index in [1.54, 1.807) is 0 Å². The van der Waals surface area contributed by atoms with Crippen LogP contribution in [-0.2, 0) is 17.3 Å². The highest BCUT2D eigenvalue weighted by Gasteiger charge is 2.29. The maximum absolute atomic E-state index is 12.6. The lowest BCUT2D eigenvalue weighted by molar-refractivity contribution is -0.137. The number of nitrogens with zero attached hydrogens (tertiary/aromatic N) is 1. The van der Waals surface area contributed by atoms with Crippen LogP contribution >= 0.6 is 24.0 Å². The van der Waals surface area contributed by atoms with Crippen molar-refractivity contribution in [3.05, 3.63) is 47.0 Å². The maximum atomic E-state index is 12.6. The summed E-state index contributed by atoms with van der Waals surface area (Å²) in [6, 6.07) is 5.28. The summed E-state index contributed by atoms with van der Waals surface area (Å²) < 4.78 is 43.0. The van der Waals surface area contributed by atoms with E-state index < -0.39 is 11.7 Å². The third-order valence-corrected chi connectivity index (χ3v) is 4.09. The topological polar surface area (TPSA) is 45.7 Å². The summed E-state index contributed by atoms with van der Waals surface area (Å²) in [6.07, 6.45) is 0.336. The SMILES string of the molecule is CCNC(=NCCC1=CCOCC1)NCCc1ccc(C(F)(F)F)cc1.I. The Kier molecular flexibility index (Phi) is 10.8. The molecule has 0 atom stereocenters. The summed E-state index contributed by atoms with van der Waals surface area (Å²) in [6.45, 7) is 5.51. The highest BCUT2D eigenvalue weighted by atomic mass is 127. The summed E-state index contributed by atoms with van der Waals surface area (Å²) in [5, 5.41) is 6.41. The molecule has 1 aliphatic rings. The normalized spacial score (nSPS) is 15.0. The third-order valence-electron chi connectivity index (χ3n) is 4.09. The highest BCUT2D eigenvalue weighted by Crippen LogP contribution is 2.29. The Balaban J connectivity index is 0.00000364. The molecule has 8 heteroatoms. The third kappa shape index (κ3) is 8.96. The van der Waals surface area contributed by atoms with E-state index in [1.807, 2.05) is 6.92 Å². The van der Waals surface area contributed by atoms with Crippen LogP contribution in [-0.4, -0.2) is 38.8 Å². The van der Waals surface area contributed by atoms with Gasteiger partial charge in [0.1, 0.15) is 0 Å². The number of aliphatic imine (C=N–C) groups is 1. The summed E-state index contributed by atoms with van der Waals surface area (Å²) in [5.41, 5.74) is 1.61. The Labute approximate surface area is 175 Å². The molecule has 0 amide bonds. The van der Waals surface area contributed by atoms with Gasteiger partial charge in [-0.15, -0.1) is 24.0 Å². The van der Waals surface area contributed by atoms with Crippen LogP contribution in [0.2, 0.25) is 0 Å². The van der Waals surface area contributed by atoms with Crippen molar-refractivity contribution in [1.29, 1.82) is 0 Å². The van der Waals surface area contributed by atoms with Gasteiger partial charge < -0.3 is 15.4 Å². The molecule has 0 radical (unpaired) electrons. The quantitative estimate of drug-likeness (QED) is 0.258. The van der Waals surface area contributed by atoms with Crippen molar-refractivity contribution in [1.82, 2.24) is 10.6 Å². The summed E-state index contributed by atoms with van der Waals surface area (Å²) in [5.74, 6) is 0.729. The largest absolute Gasteiger partial charge is 0.416 e. The second-order valence-electron chi connectivity index (χ2n) is 6.07. The number of guanidine groups is 1. The molecular weight excluding hydrogens is 470 g/mol. The van der Waals surface area contributed by atoms with E-state index in [0.717, 1.165) is 49.6 Å². The number of hydrogen-bond donors (Lipinski definition) is 2. The van der Waals surface area contributed by atoms with E-state index in [9.17, 15) is 13.2 Å². The minimum Gasteiger partial charge on any atom is -0.377 e. The molecule has 1 aromatic carbocycles. The van der Waals surface area contributed by atoms with E-state index in [1.165, 1.54) is 17.7 Å². The first kappa shape index (κ1) is 23.7. The molecule has 0 bridgehead atoms. The first-order valence-corrected chi connectivity index (χ1v) is 8.93. The lowest BCUT2D eigenvalue weighted by Gasteiger charge is -2.14. The molecule has 0 unspecified atom stereocenters. The molecule has 2 rings (SSSR count). The Morgan fingerprint density at radius 2 is 1.89 bits per heavy atom. The van der Waals surface area contributed by atoms with Crippen molar-refractivity contribution in [2.24, 2.45) is 4.99 Å². The van der Waals surface area contributed by atoms with E-state index in [4.69, 9.17) is 4.74 Å². The molecule has 0 aliphatic carbocycles. The van der Waals surface area contributed by atoms with Gasteiger partial charge in [-0.1, -0.05) is 23.8 Å². The number of benzene rings is 1. The molecule has 0 aromatic heterocycles. The maximum Gasteiger partial charge on any atom is 0.416 e. The lowest BCUT2D eigenvalue weighted by Crippen LogP contribution is -2.38. The first-order valence-electron chi connectivity index (χ1n) is 8.93. The van der Waals surface area contributed by atoms with Crippen molar-refractivity contribution >= 4 is 29.9 Å². The Morgan fingerprint density at radius 3 is 2.48 bits per heavy atom. The van der Waals surface area contributed by atoms with E-state index in [-0.39, 0.29) is 24.0 Å². The van der Waals surface area contributed by atoms with Crippen molar-refractivity contribution in [2.45, 2.75) is 32.4 Å². The van der Waals surface area contributed by atoms with Crippen LogP contribution in [0.15, 0.2) is 40.9 Å². The molecule has 0 saturated carbocycles. The second-order valence-corrected chi connectivity index (χ2v) is 6.07. The van der Waals surface area contributed by atoms with Crippen molar-refractivity contribution in [3.8, 4) is 0 Å². The van der Waals surface area contributed by atoms with Crippen LogP contribution in [0.25, 0.3) is 0 Å². The number of halogens is 4. The summed E-state index contributed by atoms with van der Waals surface area (Å²) in [7, 11) is 0. The van der Waals surface area contributed by atoms with Gasteiger partial charge in [-0.25, -0.2) is 0 Å². The van der Waals surface area contributed by atoms with Gasteiger partial charge in [-0.05, 0) is 43.9 Å². The minimum atomic E-state index is -4.29. The number of alkyl halides is 3. The molecule has 152 valence electrons. The monoisotopic (exact) mass is 497 g/mol. The minimum absolute atomic E-state index is 0. The molecule has 1 aliphatic heterocycles. The van der Waals surface area contributed by atoms with E-state index >= 15 is 0 Å². The fourth-order valence-corrected chi connectivity index (χ4v) is 2.63. The molecule has 1 heterocycles. The van der Waals surface area contributed by atoms with E-state index in [0.29, 0.717) is 26.1 Å². The summed E-state index contributed by atoms with van der Waals surface area (Å²) in [4.78, 5) is 4.55. The molecule has 4 nitrogen and oxygen atoms in total. The number of ether oxygens (including phenoxy) is 1. The standard InChI is InChI=1S/C19H26F3N3O.HI/c1-2-23-18(25-12-8-16-9-13-26-14-10-16)24-11-7-15-3-5-17(6-4-15)19(20,21)22;/h3-6,9H,2,7-8,10-14H2,1H3,(H2,23,24,25);1H.